The molecule has 4 rings (SSSR count). The molecule has 1 unspecified atom stereocenters. The van der Waals surface area contributed by atoms with Crippen LogP contribution in [0.25, 0.3) is 10.2 Å². The maximum absolute atomic E-state index is 12.8. The monoisotopic (exact) mass is 371 g/mol. The summed E-state index contributed by atoms with van der Waals surface area (Å²) in [5.74, 6) is -0.324. The molecular weight excluding hydrogens is 350 g/mol. The maximum atomic E-state index is 12.8. The van der Waals surface area contributed by atoms with Gasteiger partial charge in [0.05, 0.1) is 16.3 Å². The Bertz CT molecular complexity index is 814. The molecule has 2 saturated heterocycles. The minimum atomic E-state index is -0.163. The van der Waals surface area contributed by atoms with E-state index in [1.165, 1.54) is 4.90 Å². The summed E-state index contributed by atoms with van der Waals surface area (Å²) >= 11 is 1.65. The fourth-order valence-corrected chi connectivity index (χ4v) is 4.86. The quantitative estimate of drug-likeness (QED) is 0.775. The minimum Gasteiger partial charge on any atom is -0.333 e. The van der Waals surface area contributed by atoms with Crippen LogP contribution in [0.4, 0.5) is 0 Å². The molecule has 2 aliphatic heterocycles. The molecule has 2 aromatic rings. The Hall–Kier alpha value is -2.28. The van der Waals surface area contributed by atoms with Gasteiger partial charge in [0, 0.05) is 32.4 Å². The Kier molecular flexibility index (Phi) is 4.72. The van der Waals surface area contributed by atoms with Crippen LogP contribution in [0, 0.1) is 0 Å². The van der Waals surface area contributed by atoms with Crippen molar-refractivity contribution >= 4 is 39.3 Å². The van der Waals surface area contributed by atoms with Crippen LogP contribution >= 0.6 is 11.3 Å². The second-order valence-corrected chi connectivity index (χ2v) is 7.87. The molecule has 26 heavy (non-hydrogen) atoms. The lowest BCUT2D eigenvalue weighted by molar-refractivity contribution is -0.140. The number of piperidine rings is 1. The van der Waals surface area contributed by atoms with E-state index in [1.807, 2.05) is 23.1 Å². The molecule has 0 aliphatic carbocycles. The molecule has 1 atom stereocenters. The van der Waals surface area contributed by atoms with E-state index in [4.69, 9.17) is 4.98 Å². The average Bonchev–Trinajstić information content (AvgIpc) is 3.23. The van der Waals surface area contributed by atoms with Crippen LogP contribution in [-0.4, -0.2) is 45.6 Å². The molecule has 3 amide bonds. The molecule has 2 aliphatic rings. The standard InChI is InChI=1S/C19H21N3O3S/c23-16-8-9-17(24)22(16)12-10-18(25)21-11-4-3-6-14(21)19-20-13-5-1-2-7-15(13)26-19/h1-2,5,7,14H,3-4,6,8-12H2. The van der Waals surface area contributed by atoms with Gasteiger partial charge in [0.1, 0.15) is 5.01 Å². The predicted octanol–water partition coefficient (Wildman–Crippen LogP) is 2.89. The highest BCUT2D eigenvalue weighted by Crippen LogP contribution is 2.36. The molecule has 3 heterocycles. The van der Waals surface area contributed by atoms with Crippen LogP contribution in [0.15, 0.2) is 24.3 Å². The summed E-state index contributed by atoms with van der Waals surface area (Å²) in [6, 6.07) is 8.02. The van der Waals surface area contributed by atoms with Gasteiger partial charge < -0.3 is 4.90 Å². The van der Waals surface area contributed by atoms with Crippen LogP contribution in [0.2, 0.25) is 0 Å². The minimum absolute atomic E-state index is 0.00127. The van der Waals surface area contributed by atoms with E-state index in [1.54, 1.807) is 11.3 Å². The zero-order chi connectivity index (χ0) is 18.1. The molecular formula is C19H21N3O3S. The number of thiazole rings is 1. The van der Waals surface area contributed by atoms with E-state index in [2.05, 4.69) is 6.07 Å². The summed E-state index contributed by atoms with van der Waals surface area (Å²) in [5, 5.41) is 0.979. The van der Waals surface area contributed by atoms with Gasteiger partial charge in [-0.15, -0.1) is 11.3 Å². The van der Waals surface area contributed by atoms with Crippen LogP contribution in [0.3, 0.4) is 0 Å². The third kappa shape index (κ3) is 3.23. The van der Waals surface area contributed by atoms with Crippen molar-refractivity contribution in [2.45, 2.75) is 44.6 Å². The van der Waals surface area contributed by atoms with Crippen molar-refractivity contribution in [3.8, 4) is 0 Å². The smallest absolute Gasteiger partial charge is 0.229 e. The fourth-order valence-electron chi connectivity index (χ4n) is 3.74. The van der Waals surface area contributed by atoms with Gasteiger partial charge in [0.15, 0.2) is 0 Å². The van der Waals surface area contributed by atoms with Gasteiger partial charge in [-0.2, -0.15) is 0 Å². The molecule has 0 saturated carbocycles. The zero-order valence-electron chi connectivity index (χ0n) is 14.5. The molecule has 1 aromatic carbocycles. The molecule has 136 valence electrons. The van der Waals surface area contributed by atoms with E-state index in [0.29, 0.717) is 6.54 Å². The number of fused-ring (bicyclic) bond motifs is 1. The first-order chi connectivity index (χ1) is 12.6. The highest BCUT2D eigenvalue weighted by molar-refractivity contribution is 7.18. The Morgan fingerprint density at radius 3 is 2.69 bits per heavy atom. The van der Waals surface area contributed by atoms with Gasteiger partial charge in [-0.3, -0.25) is 19.3 Å². The van der Waals surface area contributed by atoms with Crippen molar-refractivity contribution < 1.29 is 14.4 Å². The molecule has 0 bridgehead atoms. The number of para-hydroxylation sites is 1. The summed E-state index contributed by atoms with van der Waals surface area (Å²) in [5.41, 5.74) is 0.971. The van der Waals surface area contributed by atoms with Crippen molar-refractivity contribution in [1.82, 2.24) is 14.8 Å². The number of nitrogens with zero attached hydrogens (tertiary/aromatic N) is 3. The van der Waals surface area contributed by atoms with Crippen molar-refractivity contribution in [2.75, 3.05) is 13.1 Å². The second kappa shape index (κ2) is 7.15. The van der Waals surface area contributed by atoms with Crippen LogP contribution in [0.5, 0.6) is 0 Å². The van der Waals surface area contributed by atoms with Gasteiger partial charge >= 0.3 is 0 Å². The van der Waals surface area contributed by atoms with Crippen molar-refractivity contribution in [3.05, 3.63) is 29.3 Å². The van der Waals surface area contributed by atoms with Gasteiger partial charge in [-0.1, -0.05) is 12.1 Å². The number of carbonyl (C=O) groups excluding carboxylic acids is 3. The topological polar surface area (TPSA) is 70.6 Å². The molecule has 0 spiro atoms. The van der Waals surface area contributed by atoms with E-state index in [-0.39, 0.29) is 49.6 Å². The second-order valence-electron chi connectivity index (χ2n) is 6.81. The predicted molar refractivity (Wildman–Crippen MR) is 98.5 cm³/mol. The lowest BCUT2D eigenvalue weighted by Gasteiger charge is -2.35. The number of imide groups is 1. The number of aromatic nitrogens is 1. The summed E-state index contributed by atoms with van der Waals surface area (Å²) in [6.45, 7) is 0.904. The molecule has 0 N–H and O–H groups in total. The maximum Gasteiger partial charge on any atom is 0.229 e. The Morgan fingerprint density at radius 2 is 1.92 bits per heavy atom. The fraction of sp³-hybridized carbons (Fsp3) is 0.474. The third-order valence-electron chi connectivity index (χ3n) is 5.12. The third-order valence-corrected chi connectivity index (χ3v) is 6.26. The lowest BCUT2D eigenvalue weighted by Crippen LogP contribution is -2.40. The SMILES string of the molecule is O=C1CCC(=O)N1CCC(=O)N1CCCCC1c1nc2ccccc2s1. The molecule has 6 nitrogen and oxygen atoms in total. The van der Waals surface area contributed by atoms with E-state index in [0.717, 1.165) is 34.5 Å². The Balaban J connectivity index is 1.48. The first-order valence-electron chi connectivity index (χ1n) is 9.11. The van der Waals surface area contributed by atoms with Crippen molar-refractivity contribution in [1.29, 1.82) is 0 Å². The van der Waals surface area contributed by atoms with E-state index in [9.17, 15) is 14.4 Å². The van der Waals surface area contributed by atoms with E-state index >= 15 is 0 Å². The summed E-state index contributed by atoms with van der Waals surface area (Å²) in [4.78, 5) is 44.1. The van der Waals surface area contributed by atoms with Crippen LogP contribution < -0.4 is 0 Å². The van der Waals surface area contributed by atoms with E-state index < -0.39 is 0 Å². The number of carbonyl (C=O) groups is 3. The van der Waals surface area contributed by atoms with Crippen LogP contribution in [0.1, 0.15) is 49.6 Å². The number of hydrogen-bond donors (Lipinski definition) is 0. The molecule has 7 heteroatoms. The van der Waals surface area contributed by atoms with Gasteiger partial charge in [-0.05, 0) is 31.4 Å². The molecule has 0 radical (unpaired) electrons. The number of benzene rings is 1. The number of amides is 3. The molecule has 1 aromatic heterocycles. The zero-order valence-corrected chi connectivity index (χ0v) is 15.3. The Labute approximate surface area is 155 Å². The number of hydrogen-bond acceptors (Lipinski definition) is 5. The first-order valence-corrected chi connectivity index (χ1v) is 9.93. The van der Waals surface area contributed by atoms with Crippen LogP contribution in [-0.2, 0) is 14.4 Å². The lowest BCUT2D eigenvalue weighted by atomic mass is 10.0. The van der Waals surface area contributed by atoms with Crippen molar-refractivity contribution in [3.63, 3.8) is 0 Å². The Morgan fingerprint density at radius 1 is 1.15 bits per heavy atom. The largest absolute Gasteiger partial charge is 0.333 e. The number of likely N-dealkylation sites (tertiary alicyclic amines) is 2. The summed E-state index contributed by atoms with van der Waals surface area (Å²) in [6.07, 6.45) is 3.70. The number of rotatable bonds is 4. The normalized spacial score (nSPS) is 21.0. The van der Waals surface area contributed by atoms with Gasteiger partial charge in [-0.25, -0.2) is 4.98 Å². The summed E-state index contributed by atoms with van der Waals surface area (Å²) < 4.78 is 1.13. The first kappa shape index (κ1) is 17.1. The molecule has 2 fully saturated rings. The highest BCUT2D eigenvalue weighted by Gasteiger charge is 2.33. The highest BCUT2D eigenvalue weighted by atomic mass is 32.1. The van der Waals surface area contributed by atoms with Crippen molar-refractivity contribution in [2.24, 2.45) is 0 Å². The average molecular weight is 371 g/mol. The van der Waals surface area contributed by atoms with Gasteiger partial charge in [0.2, 0.25) is 17.7 Å². The summed E-state index contributed by atoms with van der Waals surface area (Å²) in [7, 11) is 0. The van der Waals surface area contributed by atoms with Gasteiger partial charge in [0.25, 0.3) is 0 Å².